The van der Waals surface area contributed by atoms with Crippen molar-refractivity contribution in [3.05, 3.63) is 71.3 Å². The Morgan fingerprint density at radius 1 is 1.08 bits per heavy atom. The topological polar surface area (TPSA) is 49.6 Å². The van der Waals surface area contributed by atoms with E-state index in [1.54, 1.807) is 0 Å². The Kier molecular flexibility index (Phi) is 8.57. The van der Waals surface area contributed by atoms with Crippen LogP contribution in [0.2, 0.25) is 0 Å². The molecule has 2 atom stereocenters. The van der Waals surface area contributed by atoms with E-state index in [0.29, 0.717) is 13.1 Å². The minimum atomic E-state index is -0.0127. The zero-order valence-electron chi connectivity index (χ0n) is 15.2. The van der Waals surface area contributed by atoms with Gasteiger partial charge in [-0.25, -0.2) is 0 Å². The van der Waals surface area contributed by atoms with Gasteiger partial charge in [0.2, 0.25) is 0 Å². The minimum Gasteiger partial charge on any atom is -0.336 e. The van der Waals surface area contributed by atoms with E-state index < -0.39 is 0 Å². The number of halogens is 2. The summed E-state index contributed by atoms with van der Waals surface area (Å²) in [6, 6.07) is 18.1. The van der Waals surface area contributed by atoms with E-state index in [0.717, 1.165) is 17.7 Å². The Balaban J connectivity index is 0.00000169. The van der Waals surface area contributed by atoms with Gasteiger partial charge >= 0.3 is 0 Å². The number of nitrogens with zero attached hydrogens (tertiary/aromatic N) is 2. The molecule has 1 amide bonds. The van der Waals surface area contributed by atoms with Crippen molar-refractivity contribution in [1.29, 1.82) is 0 Å². The molecule has 1 saturated heterocycles. The van der Waals surface area contributed by atoms with Gasteiger partial charge in [0.15, 0.2) is 0 Å². The van der Waals surface area contributed by atoms with Crippen molar-refractivity contribution in [2.24, 2.45) is 5.73 Å². The van der Waals surface area contributed by atoms with Crippen LogP contribution in [-0.4, -0.2) is 48.9 Å². The van der Waals surface area contributed by atoms with Crippen LogP contribution in [0.4, 0.5) is 0 Å². The number of hydrogen-bond acceptors (Lipinski definition) is 3. The summed E-state index contributed by atoms with van der Waals surface area (Å²) in [4.78, 5) is 16.8. The molecule has 142 valence electrons. The predicted molar refractivity (Wildman–Crippen MR) is 111 cm³/mol. The lowest BCUT2D eigenvalue weighted by Gasteiger charge is -2.17. The zero-order valence-corrected chi connectivity index (χ0v) is 16.8. The van der Waals surface area contributed by atoms with Crippen molar-refractivity contribution in [2.75, 3.05) is 27.2 Å². The van der Waals surface area contributed by atoms with Crippen LogP contribution in [0.25, 0.3) is 0 Å². The van der Waals surface area contributed by atoms with Crippen LogP contribution in [0.1, 0.15) is 27.4 Å². The van der Waals surface area contributed by atoms with Gasteiger partial charge in [0.25, 0.3) is 5.91 Å². The second-order valence-corrected chi connectivity index (χ2v) is 6.83. The van der Waals surface area contributed by atoms with Crippen molar-refractivity contribution in [1.82, 2.24) is 9.80 Å². The van der Waals surface area contributed by atoms with E-state index in [9.17, 15) is 4.79 Å². The molecule has 0 aliphatic carbocycles. The standard InChI is InChI=1S/C20H25N3O.2ClH/c1-22(2)12-15-7-6-10-17(11-15)20(24)23-13-18(19(21)14-23)16-8-4-3-5-9-16;;/h3-11,18-19H,12-14,21H2,1-2H3;2*1H/t18-,19+;;/m0../s1. The zero-order chi connectivity index (χ0) is 17.1. The van der Waals surface area contributed by atoms with Gasteiger partial charge in [-0.2, -0.15) is 0 Å². The van der Waals surface area contributed by atoms with Crippen molar-refractivity contribution >= 4 is 30.7 Å². The monoisotopic (exact) mass is 395 g/mol. The maximum Gasteiger partial charge on any atom is 0.253 e. The van der Waals surface area contributed by atoms with E-state index >= 15 is 0 Å². The van der Waals surface area contributed by atoms with Gasteiger partial charge < -0.3 is 15.5 Å². The molecular formula is C20H27Cl2N3O. The van der Waals surface area contributed by atoms with Crippen molar-refractivity contribution in [3.8, 4) is 0 Å². The Hall–Kier alpha value is -1.59. The summed E-state index contributed by atoms with van der Waals surface area (Å²) in [6.07, 6.45) is 0. The number of nitrogens with two attached hydrogens (primary N) is 1. The summed E-state index contributed by atoms with van der Waals surface area (Å²) in [5.41, 5.74) is 9.42. The fourth-order valence-corrected chi connectivity index (χ4v) is 3.40. The van der Waals surface area contributed by atoms with Crippen LogP contribution in [0.3, 0.4) is 0 Å². The van der Waals surface area contributed by atoms with Gasteiger partial charge in [-0.3, -0.25) is 4.79 Å². The van der Waals surface area contributed by atoms with E-state index in [2.05, 4.69) is 23.1 Å². The van der Waals surface area contributed by atoms with E-state index in [-0.39, 0.29) is 42.7 Å². The average molecular weight is 396 g/mol. The predicted octanol–water partition coefficient (Wildman–Crippen LogP) is 3.16. The average Bonchev–Trinajstić information content (AvgIpc) is 2.96. The second kappa shape index (κ2) is 9.93. The SMILES string of the molecule is CN(C)Cc1cccc(C(=O)N2C[C@@H](N)[C@H](c3ccccc3)C2)c1.Cl.Cl. The summed E-state index contributed by atoms with van der Waals surface area (Å²) in [7, 11) is 4.05. The number of benzene rings is 2. The molecule has 2 aromatic carbocycles. The number of amides is 1. The molecule has 2 aromatic rings. The van der Waals surface area contributed by atoms with Crippen LogP contribution >= 0.6 is 24.8 Å². The fourth-order valence-electron chi connectivity index (χ4n) is 3.40. The van der Waals surface area contributed by atoms with Gasteiger partial charge in [0.1, 0.15) is 0 Å². The molecule has 4 nitrogen and oxygen atoms in total. The first-order chi connectivity index (χ1) is 11.5. The molecule has 0 bridgehead atoms. The van der Waals surface area contributed by atoms with Crippen molar-refractivity contribution in [2.45, 2.75) is 18.5 Å². The molecule has 0 saturated carbocycles. The number of carbonyl (C=O) groups is 1. The molecule has 0 aromatic heterocycles. The first kappa shape index (κ1) is 22.5. The molecule has 1 heterocycles. The molecule has 26 heavy (non-hydrogen) atoms. The summed E-state index contributed by atoms with van der Waals surface area (Å²) < 4.78 is 0. The molecule has 3 rings (SSSR count). The Bertz CT molecular complexity index is 709. The quantitative estimate of drug-likeness (QED) is 0.864. The number of hydrogen-bond donors (Lipinski definition) is 1. The van der Waals surface area contributed by atoms with Crippen LogP contribution in [-0.2, 0) is 6.54 Å². The van der Waals surface area contributed by atoms with Crippen molar-refractivity contribution in [3.63, 3.8) is 0 Å². The van der Waals surface area contributed by atoms with Gasteiger partial charge in [-0.1, -0.05) is 42.5 Å². The summed E-state index contributed by atoms with van der Waals surface area (Å²) in [5, 5.41) is 0. The van der Waals surface area contributed by atoms with Crippen LogP contribution in [0, 0.1) is 0 Å². The molecule has 2 N–H and O–H groups in total. The second-order valence-electron chi connectivity index (χ2n) is 6.83. The highest BCUT2D eigenvalue weighted by Crippen LogP contribution is 2.27. The van der Waals surface area contributed by atoms with Crippen LogP contribution < -0.4 is 5.73 Å². The fraction of sp³-hybridized carbons (Fsp3) is 0.350. The normalized spacial score (nSPS) is 19.0. The maximum atomic E-state index is 12.9. The highest BCUT2D eigenvalue weighted by Gasteiger charge is 2.34. The lowest BCUT2D eigenvalue weighted by molar-refractivity contribution is 0.0789. The molecule has 6 heteroatoms. The van der Waals surface area contributed by atoms with Gasteiger partial charge in [0, 0.05) is 37.2 Å². The Morgan fingerprint density at radius 3 is 2.42 bits per heavy atom. The lowest BCUT2D eigenvalue weighted by atomic mass is 9.95. The third-order valence-corrected chi connectivity index (χ3v) is 4.55. The Morgan fingerprint density at radius 2 is 1.77 bits per heavy atom. The number of carbonyl (C=O) groups excluding carboxylic acids is 1. The van der Waals surface area contributed by atoms with Gasteiger partial charge in [-0.05, 0) is 37.4 Å². The molecule has 0 radical (unpaired) electrons. The molecular weight excluding hydrogens is 369 g/mol. The van der Waals surface area contributed by atoms with E-state index in [1.165, 1.54) is 5.56 Å². The summed E-state index contributed by atoms with van der Waals surface area (Å²) >= 11 is 0. The molecule has 0 spiro atoms. The minimum absolute atomic E-state index is 0. The van der Waals surface area contributed by atoms with E-state index in [4.69, 9.17) is 5.73 Å². The highest BCUT2D eigenvalue weighted by molar-refractivity contribution is 5.94. The maximum absolute atomic E-state index is 12.9. The number of rotatable bonds is 4. The summed E-state index contributed by atoms with van der Waals surface area (Å²) in [5.74, 6) is 0.282. The van der Waals surface area contributed by atoms with Gasteiger partial charge in [-0.15, -0.1) is 24.8 Å². The smallest absolute Gasteiger partial charge is 0.253 e. The third kappa shape index (κ3) is 5.21. The molecule has 1 aliphatic rings. The van der Waals surface area contributed by atoms with Crippen molar-refractivity contribution < 1.29 is 4.79 Å². The molecule has 1 fully saturated rings. The Labute approximate surface area is 168 Å². The third-order valence-electron chi connectivity index (χ3n) is 4.55. The number of likely N-dealkylation sites (tertiary alicyclic amines) is 1. The van der Waals surface area contributed by atoms with Crippen LogP contribution in [0.5, 0.6) is 0 Å². The first-order valence-corrected chi connectivity index (χ1v) is 8.38. The molecule has 1 aliphatic heterocycles. The van der Waals surface area contributed by atoms with E-state index in [1.807, 2.05) is 55.4 Å². The van der Waals surface area contributed by atoms with Gasteiger partial charge in [0.05, 0.1) is 0 Å². The highest BCUT2D eigenvalue weighted by atomic mass is 35.5. The summed E-state index contributed by atoms with van der Waals surface area (Å²) in [6.45, 7) is 2.12. The lowest BCUT2D eigenvalue weighted by Crippen LogP contribution is -2.32. The van der Waals surface area contributed by atoms with Crippen LogP contribution in [0.15, 0.2) is 54.6 Å². The largest absolute Gasteiger partial charge is 0.336 e. The molecule has 0 unspecified atom stereocenters. The first-order valence-electron chi connectivity index (χ1n) is 8.38.